The van der Waals surface area contributed by atoms with Crippen molar-refractivity contribution in [2.75, 3.05) is 20.3 Å². The van der Waals surface area contributed by atoms with Gasteiger partial charge in [0.25, 0.3) is 0 Å². The fraction of sp³-hybridized carbons (Fsp3) is 0.379. The van der Waals surface area contributed by atoms with Gasteiger partial charge in [0.05, 0.1) is 30.4 Å². The average Bonchev–Trinajstić information content (AvgIpc) is 2.89. The van der Waals surface area contributed by atoms with E-state index >= 15 is 0 Å². The lowest BCUT2D eigenvalue weighted by atomic mass is 9.71. The summed E-state index contributed by atoms with van der Waals surface area (Å²) >= 11 is 3.41. The molecule has 0 saturated carbocycles. The summed E-state index contributed by atoms with van der Waals surface area (Å²) < 4.78 is 16.9. The number of hydrogen-bond donors (Lipinski definition) is 2. The number of phenols is 1. The fourth-order valence-corrected chi connectivity index (χ4v) is 5.51. The van der Waals surface area contributed by atoms with Crippen LogP contribution >= 0.6 is 15.9 Å². The largest absolute Gasteiger partial charge is 0.503 e. The molecule has 0 fully saturated rings. The van der Waals surface area contributed by atoms with Crippen LogP contribution in [0.4, 0.5) is 0 Å². The quantitative estimate of drug-likeness (QED) is 0.383. The van der Waals surface area contributed by atoms with Crippen LogP contribution in [0, 0.1) is 0 Å². The molecule has 2 aromatic rings. The zero-order valence-corrected chi connectivity index (χ0v) is 23.1. The Labute approximate surface area is 225 Å². The van der Waals surface area contributed by atoms with Crippen LogP contribution in [0.25, 0.3) is 0 Å². The molecule has 0 saturated heterocycles. The summed E-state index contributed by atoms with van der Waals surface area (Å²) in [7, 11) is 1.62. The van der Waals surface area contributed by atoms with Gasteiger partial charge in [0.1, 0.15) is 5.75 Å². The maximum absolute atomic E-state index is 13.8. The molecule has 4 rings (SSSR count). The number of nitrogens with one attached hydrogen (secondary N) is 1. The Bertz CT molecular complexity index is 1260. The molecule has 0 aromatic heterocycles. The number of carbonyl (C=O) groups is 2. The smallest absolute Gasteiger partial charge is 0.336 e. The molecule has 2 aliphatic rings. The number of aromatic hydroxyl groups is 1. The van der Waals surface area contributed by atoms with Crippen LogP contribution in [-0.2, 0) is 14.3 Å². The van der Waals surface area contributed by atoms with Gasteiger partial charge in [-0.1, -0.05) is 19.1 Å². The molecule has 1 aliphatic carbocycles. The van der Waals surface area contributed by atoms with Gasteiger partial charge >= 0.3 is 5.97 Å². The zero-order valence-electron chi connectivity index (χ0n) is 21.5. The number of methoxy groups -OCH3 is 1. The first-order valence-electron chi connectivity index (χ1n) is 12.5. The highest BCUT2D eigenvalue weighted by Crippen LogP contribution is 2.48. The highest BCUT2D eigenvalue weighted by atomic mass is 79.9. The van der Waals surface area contributed by atoms with Crippen LogP contribution in [0.2, 0.25) is 0 Å². The second-order valence-electron chi connectivity index (χ2n) is 9.21. The molecule has 0 radical (unpaired) electrons. The normalized spacial score (nSPS) is 19.3. The van der Waals surface area contributed by atoms with Crippen molar-refractivity contribution in [2.24, 2.45) is 0 Å². The number of hydrogen-bond acceptors (Lipinski definition) is 7. The van der Waals surface area contributed by atoms with Crippen LogP contribution in [0.3, 0.4) is 0 Å². The van der Waals surface area contributed by atoms with Crippen LogP contribution in [0.15, 0.2) is 63.4 Å². The first kappa shape index (κ1) is 26.8. The van der Waals surface area contributed by atoms with Gasteiger partial charge in [0.2, 0.25) is 0 Å². The Morgan fingerprint density at radius 3 is 2.51 bits per heavy atom. The maximum atomic E-state index is 13.8. The van der Waals surface area contributed by atoms with Gasteiger partial charge in [-0.3, -0.25) is 4.79 Å². The molecule has 0 bridgehead atoms. The molecule has 2 aromatic carbocycles. The van der Waals surface area contributed by atoms with Crippen LogP contribution in [-0.4, -0.2) is 37.2 Å². The SMILES string of the molecule is CCCOC(=O)C1=C(C)NC2=C(C(=O)C[C@H](c3ccc(OC)cc3)C2)[C@@H]1c1cc(Br)c(O)c(OCC)c1. The molecule has 0 amide bonds. The van der Waals surface area contributed by atoms with Crippen molar-refractivity contribution in [3.8, 4) is 17.2 Å². The van der Waals surface area contributed by atoms with Crippen molar-refractivity contribution in [3.05, 3.63) is 74.5 Å². The monoisotopic (exact) mass is 569 g/mol. The van der Waals surface area contributed by atoms with E-state index in [0.29, 0.717) is 52.7 Å². The van der Waals surface area contributed by atoms with Crippen molar-refractivity contribution in [1.29, 1.82) is 0 Å². The number of dihydropyridines is 1. The molecule has 2 atom stereocenters. The van der Waals surface area contributed by atoms with Gasteiger partial charge in [0.15, 0.2) is 17.3 Å². The maximum Gasteiger partial charge on any atom is 0.336 e. The first-order chi connectivity index (χ1) is 17.8. The highest BCUT2D eigenvalue weighted by molar-refractivity contribution is 9.10. The standard InChI is InChI=1S/C29H32BrNO6/c1-5-11-37-29(34)25-16(3)31-22-13-18(17-7-9-20(35-4)10-8-17)14-23(32)27(22)26(25)19-12-21(30)28(33)24(15-19)36-6-2/h7-10,12,15,18,26,31,33H,5-6,11,13-14H2,1-4H3/t18-,26-/m1/s1. The summed E-state index contributed by atoms with van der Waals surface area (Å²) in [6.45, 7) is 6.23. The fourth-order valence-electron chi connectivity index (χ4n) is 5.05. The van der Waals surface area contributed by atoms with Crippen LogP contribution in [0.5, 0.6) is 17.2 Å². The molecule has 7 nitrogen and oxygen atoms in total. The van der Waals surface area contributed by atoms with Gasteiger partial charge in [-0.25, -0.2) is 4.79 Å². The minimum atomic E-state index is -0.652. The Hall–Kier alpha value is -3.26. The summed E-state index contributed by atoms with van der Waals surface area (Å²) in [5.41, 5.74) is 4.12. The summed E-state index contributed by atoms with van der Waals surface area (Å²) in [6, 6.07) is 11.2. The lowest BCUT2D eigenvalue weighted by molar-refractivity contribution is -0.139. The van der Waals surface area contributed by atoms with E-state index < -0.39 is 11.9 Å². The molecule has 1 heterocycles. The van der Waals surface area contributed by atoms with Crippen molar-refractivity contribution in [1.82, 2.24) is 5.32 Å². The lowest BCUT2D eigenvalue weighted by Crippen LogP contribution is -2.36. The van der Waals surface area contributed by atoms with E-state index in [2.05, 4.69) is 21.2 Å². The number of benzene rings is 2. The van der Waals surface area contributed by atoms with Crippen LogP contribution in [0.1, 0.15) is 63.0 Å². The Morgan fingerprint density at radius 1 is 1.14 bits per heavy atom. The Kier molecular flexibility index (Phi) is 8.27. The van der Waals surface area contributed by atoms with E-state index in [9.17, 15) is 14.7 Å². The minimum Gasteiger partial charge on any atom is -0.503 e. The third kappa shape index (κ3) is 5.39. The molecule has 8 heteroatoms. The van der Waals surface area contributed by atoms with Crippen LogP contribution < -0.4 is 14.8 Å². The van der Waals surface area contributed by atoms with E-state index in [1.165, 1.54) is 0 Å². The molecule has 1 aliphatic heterocycles. The molecule has 196 valence electrons. The zero-order chi connectivity index (χ0) is 26.7. The van der Waals surface area contributed by atoms with Gasteiger partial charge in [-0.15, -0.1) is 0 Å². The van der Waals surface area contributed by atoms with Crippen molar-refractivity contribution in [3.63, 3.8) is 0 Å². The van der Waals surface area contributed by atoms with Crippen molar-refractivity contribution < 1.29 is 28.9 Å². The number of phenolic OH excluding ortho intramolecular Hbond substituents is 1. The average molecular weight is 570 g/mol. The summed E-state index contributed by atoms with van der Waals surface area (Å²) in [4.78, 5) is 27.1. The van der Waals surface area contributed by atoms with Gasteiger partial charge in [-0.05, 0) is 83.9 Å². The van der Waals surface area contributed by atoms with Gasteiger partial charge in [0, 0.05) is 29.3 Å². The lowest BCUT2D eigenvalue weighted by Gasteiger charge is -2.37. The van der Waals surface area contributed by atoms with E-state index in [0.717, 1.165) is 17.0 Å². The number of ether oxygens (including phenoxy) is 3. The second kappa shape index (κ2) is 11.4. The summed E-state index contributed by atoms with van der Waals surface area (Å²) in [5, 5.41) is 13.9. The number of ketones is 1. The predicted molar refractivity (Wildman–Crippen MR) is 144 cm³/mol. The third-order valence-corrected chi connectivity index (χ3v) is 7.36. The third-order valence-electron chi connectivity index (χ3n) is 6.76. The number of rotatable bonds is 8. The number of Topliss-reactive ketones (excluding diaryl/α,β-unsaturated/α-hetero) is 1. The van der Waals surface area contributed by atoms with Crippen molar-refractivity contribution >= 4 is 27.7 Å². The molecule has 0 spiro atoms. The van der Waals surface area contributed by atoms with E-state index in [1.54, 1.807) is 19.2 Å². The number of esters is 1. The summed E-state index contributed by atoms with van der Waals surface area (Å²) in [6.07, 6.45) is 1.62. The molecular weight excluding hydrogens is 538 g/mol. The highest BCUT2D eigenvalue weighted by Gasteiger charge is 2.42. The number of carbonyl (C=O) groups excluding carboxylic acids is 2. The Morgan fingerprint density at radius 2 is 1.86 bits per heavy atom. The van der Waals surface area contributed by atoms with E-state index in [1.807, 2.05) is 45.0 Å². The molecular formula is C29H32BrNO6. The number of halogens is 1. The Balaban J connectivity index is 1.81. The minimum absolute atomic E-state index is 0.00256. The first-order valence-corrected chi connectivity index (χ1v) is 13.3. The predicted octanol–water partition coefficient (Wildman–Crippen LogP) is 5.88. The van der Waals surface area contributed by atoms with Gasteiger partial charge in [-0.2, -0.15) is 0 Å². The second-order valence-corrected chi connectivity index (χ2v) is 10.1. The molecule has 0 unspecified atom stereocenters. The molecule has 37 heavy (non-hydrogen) atoms. The van der Waals surface area contributed by atoms with Gasteiger partial charge < -0.3 is 24.6 Å². The van der Waals surface area contributed by atoms with E-state index in [4.69, 9.17) is 14.2 Å². The molecule has 2 N–H and O–H groups in total. The number of allylic oxidation sites excluding steroid dienone is 3. The van der Waals surface area contributed by atoms with E-state index in [-0.39, 0.29) is 29.8 Å². The van der Waals surface area contributed by atoms with Crippen molar-refractivity contribution in [2.45, 2.75) is 51.9 Å². The topological polar surface area (TPSA) is 94.1 Å². The summed E-state index contributed by atoms with van der Waals surface area (Å²) in [5.74, 6) is -0.132.